The Hall–Kier alpha value is -3.41. The van der Waals surface area contributed by atoms with E-state index in [9.17, 15) is 9.90 Å². The molecule has 6 nitrogen and oxygen atoms in total. The Morgan fingerprint density at radius 2 is 1.61 bits per heavy atom. The van der Waals surface area contributed by atoms with Crippen LogP contribution in [-0.4, -0.2) is 32.3 Å². The number of phenolic OH excluding ortho intramolecular Hbond substituents is 1. The van der Waals surface area contributed by atoms with Crippen molar-refractivity contribution in [2.45, 2.75) is 13.0 Å². The molecule has 0 fully saturated rings. The van der Waals surface area contributed by atoms with Crippen molar-refractivity contribution in [3.63, 3.8) is 0 Å². The van der Waals surface area contributed by atoms with Crippen LogP contribution >= 0.6 is 0 Å². The van der Waals surface area contributed by atoms with E-state index in [1.807, 2.05) is 30.3 Å². The molecule has 0 aliphatic rings. The zero-order valence-corrected chi connectivity index (χ0v) is 16.3. The third-order valence-electron chi connectivity index (χ3n) is 4.60. The van der Waals surface area contributed by atoms with Gasteiger partial charge in [-0.2, -0.15) is 0 Å². The van der Waals surface area contributed by atoms with Crippen LogP contribution in [0.4, 0.5) is 0 Å². The standard InChI is InChI=1S/C22H23NO5/c1-13(24)23-21(15-11-18(26-2)22(28-4)19(12-15)27-3)20-16-8-6-5-7-14(16)9-10-17(20)25/h5-12,21,25H,1-4H3,(H,23,24). The second-order valence-electron chi connectivity index (χ2n) is 6.31. The van der Waals surface area contributed by atoms with Crippen molar-refractivity contribution in [2.24, 2.45) is 0 Å². The summed E-state index contributed by atoms with van der Waals surface area (Å²) in [5.41, 5.74) is 1.29. The summed E-state index contributed by atoms with van der Waals surface area (Å²) in [4.78, 5) is 12.0. The zero-order chi connectivity index (χ0) is 20.3. The van der Waals surface area contributed by atoms with E-state index >= 15 is 0 Å². The molecular formula is C22H23NO5. The number of ether oxygens (including phenoxy) is 3. The summed E-state index contributed by atoms with van der Waals surface area (Å²) in [7, 11) is 4.59. The van der Waals surface area contributed by atoms with Crippen LogP contribution in [0, 0.1) is 0 Å². The molecule has 1 atom stereocenters. The molecule has 0 bridgehead atoms. The molecule has 28 heavy (non-hydrogen) atoms. The van der Waals surface area contributed by atoms with Crippen LogP contribution in [0.25, 0.3) is 10.8 Å². The predicted octanol–water partition coefficient (Wildman–Crippen LogP) is 3.80. The van der Waals surface area contributed by atoms with Gasteiger partial charge in [0.15, 0.2) is 11.5 Å². The first-order chi connectivity index (χ1) is 13.5. The first kappa shape index (κ1) is 19.4. The van der Waals surface area contributed by atoms with Crippen LogP contribution in [0.2, 0.25) is 0 Å². The van der Waals surface area contributed by atoms with Crippen molar-refractivity contribution in [2.75, 3.05) is 21.3 Å². The van der Waals surface area contributed by atoms with Crippen molar-refractivity contribution >= 4 is 16.7 Å². The number of amides is 1. The number of hydrogen-bond donors (Lipinski definition) is 2. The first-order valence-corrected chi connectivity index (χ1v) is 8.77. The summed E-state index contributed by atoms with van der Waals surface area (Å²) < 4.78 is 16.3. The average molecular weight is 381 g/mol. The lowest BCUT2D eigenvalue weighted by atomic mass is 9.92. The van der Waals surface area contributed by atoms with Crippen molar-refractivity contribution < 1.29 is 24.1 Å². The average Bonchev–Trinajstić information content (AvgIpc) is 2.71. The van der Waals surface area contributed by atoms with Crippen molar-refractivity contribution in [1.82, 2.24) is 5.32 Å². The number of benzene rings is 3. The number of aromatic hydroxyl groups is 1. The normalized spacial score (nSPS) is 11.7. The lowest BCUT2D eigenvalue weighted by molar-refractivity contribution is -0.119. The van der Waals surface area contributed by atoms with Gasteiger partial charge in [0.2, 0.25) is 11.7 Å². The Balaban J connectivity index is 2.29. The van der Waals surface area contributed by atoms with E-state index in [1.165, 1.54) is 28.3 Å². The predicted molar refractivity (Wildman–Crippen MR) is 107 cm³/mol. The van der Waals surface area contributed by atoms with Gasteiger partial charge in [0.1, 0.15) is 5.75 Å². The minimum absolute atomic E-state index is 0.0891. The highest BCUT2D eigenvalue weighted by atomic mass is 16.5. The molecule has 1 amide bonds. The first-order valence-electron chi connectivity index (χ1n) is 8.77. The van der Waals surface area contributed by atoms with Gasteiger partial charge in [0.05, 0.1) is 27.4 Å². The summed E-state index contributed by atoms with van der Waals surface area (Å²) in [5, 5.41) is 15.4. The Kier molecular flexibility index (Phi) is 5.59. The van der Waals surface area contributed by atoms with Crippen molar-refractivity contribution in [3.8, 4) is 23.0 Å². The Morgan fingerprint density at radius 3 is 2.18 bits per heavy atom. The van der Waals surface area contributed by atoms with E-state index in [0.29, 0.717) is 28.4 Å². The second-order valence-corrected chi connectivity index (χ2v) is 6.31. The largest absolute Gasteiger partial charge is 0.508 e. The molecule has 146 valence electrons. The number of rotatable bonds is 6. The summed E-state index contributed by atoms with van der Waals surface area (Å²) in [6.45, 7) is 1.44. The van der Waals surface area contributed by atoms with Gasteiger partial charge in [-0.3, -0.25) is 4.79 Å². The maximum Gasteiger partial charge on any atom is 0.217 e. The number of fused-ring (bicyclic) bond motifs is 1. The van der Waals surface area contributed by atoms with E-state index in [-0.39, 0.29) is 11.7 Å². The molecule has 0 saturated heterocycles. The fraction of sp³-hybridized carbons (Fsp3) is 0.227. The summed E-state index contributed by atoms with van der Waals surface area (Å²) >= 11 is 0. The lowest BCUT2D eigenvalue weighted by Gasteiger charge is -2.24. The molecule has 0 saturated carbocycles. The number of nitrogens with one attached hydrogen (secondary N) is 1. The van der Waals surface area contributed by atoms with Gasteiger partial charge < -0.3 is 24.6 Å². The maximum atomic E-state index is 12.0. The zero-order valence-electron chi connectivity index (χ0n) is 16.3. The quantitative estimate of drug-likeness (QED) is 0.679. The van der Waals surface area contributed by atoms with Gasteiger partial charge in [-0.1, -0.05) is 30.3 Å². The van der Waals surface area contributed by atoms with E-state index in [1.54, 1.807) is 18.2 Å². The van der Waals surface area contributed by atoms with Crippen LogP contribution in [0.5, 0.6) is 23.0 Å². The monoisotopic (exact) mass is 381 g/mol. The molecule has 0 aliphatic heterocycles. The van der Waals surface area contributed by atoms with Crippen LogP contribution in [0.1, 0.15) is 24.1 Å². The summed E-state index contributed by atoms with van der Waals surface area (Å²) in [6, 6.07) is 14.1. The number of carbonyl (C=O) groups excluding carboxylic acids is 1. The topological polar surface area (TPSA) is 77.0 Å². The molecule has 2 N–H and O–H groups in total. The number of hydrogen-bond acceptors (Lipinski definition) is 5. The smallest absolute Gasteiger partial charge is 0.217 e. The molecular weight excluding hydrogens is 358 g/mol. The third kappa shape index (κ3) is 3.53. The summed E-state index contributed by atoms with van der Waals surface area (Å²) in [5.74, 6) is 1.24. The maximum absolute atomic E-state index is 12.0. The fourth-order valence-electron chi connectivity index (χ4n) is 3.38. The number of methoxy groups -OCH3 is 3. The van der Waals surface area contributed by atoms with Crippen LogP contribution in [-0.2, 0) is 4.79 Å². The van der Waals surface area contributed by atoms with Gasteiger partial charge in [-0.15, -0.1) is 0 Å². The molecule has 3 aromatic rings. The highest BCUT2D eigenvalue weighted by Gasteiger charge is 2.25. The van der Waals surface area contributed by atoms with Crippen LogP contribution < -0.4 is 19.5 Å². The molecule has 0 aliphatic carbocycles. The lowest BCUT2D eigenvalue weighted by Crippen LogP contribution is -2.27. The second kappa shape index (κ2) is 8.08. The molecule has 3 aromatic carbocycles. The van der Waals surface area contributed by atoms with E-state index in [2.05, 4.69) is 5.32 Å². The van der Waals surface area contributed by atoms with Crippen LogP contribution in [0.15, 0.2) is 48.5 Å². The summed E-state index contributed by atoms with van der Waals surface area (Å²) in [6.07, 6.45) is 0. The molecule has 0 radical (unpaired) electrons. The van der Waals surface area contributed by atoms with Crippen LogP contribution in [0.3, 0.4) is 0 Å². The molecule has 3 rings (SSSR count). The number of phenols is 1. The molecule has 6 heteroatoms. The van der Waals surface area contributed by atoms with Crippen molar-refractivity contribution in [3.05, 3.63) is 59.7 Å². The van der Waals surface area contributed by atoms with Gasteiger partial charge in [-0.05, 0) is 34.5 Å². The minimum atomic E-state index is -0.614. The van der Waals surface area contributed by atoms with Gasteiger partial charge in [0, 0.05) is 12.5 Å². The van der Waals surface area contributed by atoms with Gasteiger partial charge in [0.25, 0.3) is 0 Å². The highest BCUT2D eigenvalue weighted by Crippen LogP contribution is 2.43. The highest BCUT2D eigenvalue weighted by molar-refractivity contribution is 5.89. The van der Waals surface area contributed by atoms with E-state index in [0.717, 1.165) is 10.8 Å². The molecule has 0 spiro atoms. The molecule has 0 aromatic heterocycles. The number of carbonyl (C=O) groups is 1. The molecule has 0 heterocycles. The Morgan fingerprint density at radius 1 is 0.964 bits per heavy atom. The molecule has 1 unspecified atom stereocenters. The Labute approximate surface area is 163 Å². The fourth-order valence-corrected chi connectivity index (χ4v) is 3.38. The Bertz CT molecular complexity index is 990. The third-order valence-corrected chi connectivity index (χ3v) is 4.60. The minimum Gasteiger partial charge on any atom is -0.508 e. The van der Waals surface area contributed by atoms with Crippen molar-refractivity contribution in [1.29, 1.82) is 0 Å². The van der Waals surface area contributed by atoms with E-state index < -0.39 is 6.04 Å². The van der Waals surface area contributed by atoms with Gasteiger partial charge >= 0.3 is 0 Å². The van der Waals surface area contributed by atoms with Gasteiger partial charge in [-0.25, -0.2) is 0 Å². The SMILES string of the molecule is COc1cc(C(NC(C)=O)c2c(O)ccc3ccccc23)cc(OC)c1OC. The van der Waals surface area contributed by atoms with E-state index in [4.69, 9.17) is 14.2 Å².